The molecule has 0 amide bonds. The average Bonchev–Trinajstić information content (AvgIpc) is 2.95. The highest BCUT2D eigenvalue weighted by atomic mass is 32.1. The Hall–Kier alpha value is -1.14. The van der Waals surface area contributed by atoms with Crippen LogP contribution in [-0.4, -0.2) is 48.6 Å². The van der Waals surface area contributed by atoms with E-state index in [4.69, 9.17) is 0 Å². The lowest BCUT2D eigenvalue weighted by molar-refractivity contribution is 0.190. The molecule has 2 rings (SSSR count). The van der Waals surface area contributed by atoms with Crippen LogP contribution in [0, 0.1) is 13.8 Å². The monoisotopic (exact) mass is 365 g/mol. The lowest BCUT2D eigenvalue weighted by Crippen LogP contribution is -2.39. The van der Waals surface area contributed by atoms with Crippen LogP contribution < -0.4 is 10.6 Å². The van der Waals surface area contributed by atoms with Crippen molar-refractivity contribution in [3.63, 3.8) is 0 Å². The summed E-state index contributed by atoms with van der Waals surface area (Å²) in [5.74, 6) is 0.897. The maximum absolute atomic E-state index is 4.67. The molecule has 0 aromatic carbocycles. The van der Waals surface area contributed by atoms with Crippen molar-refractivity contribution in [2.75, 3.05) is 26.7 Å². The maximum atomic E-state index is 4.67. The highest BCUT2D eigenvalue weighted by Gasteiger charge is 2.17. The number of hydrogen-bond acceptors (Lipinski definition) is 4. The molecule has 0 atom stereocenters. The normalized spacial score (nSPS) is 16.4. The molecule has 2 N–H and O–H groups in total. The maximum Gasteiger partial charge on any atom is 0.191 e. The molecular weight excluding hydrogens is 330 g/mol. The average molecular weight is 366 g/mol. The molecule has 5 nitrogen and oxygen atoms in total. The fourth-order valence-corrected chi connectivity index (χ4v) is 4.19. The first-order valence-electron chi connectivity index (χ1n) is 9.75. The second-order valence-corrected chi connectivity index (χ2v) is 8.28. The number of aromatic nitrogens is 1. The minimum atomic E-state index is 0.649. The first-order valence-corrected chi connectivity index (χ1v) is 10.6. The van der Waals surface area contributed by atoms with Gasteiger partial charge in [-0.3, -0.25) is 0 Å². The summed E-state index contributed by atoms with van der Waals surface area (Å²) >= 11 is 1.74. The van der Waals surface area contributed by atoms with Gasteiger partial charge in [-0.15, -0.1) is 11.3 Å². The van der Waals surface area contributed by atoms with Crippen molar-refractivity contribution in [2.45, 2.75) is 71.9 Å². The van der Waals surface area contributed by atoms with Crippen LogP contribution in [0.25, 0.3) is 0 Å². The summed E-state index contributed by atoms with van der Waals surface area (Å²) in [7, 11) is 2.28. The highest BCUT2D eigenvalue weighted by molar-refractivity contribution is 7.11. The molecule has 142 valence electrons. The minimum absolute atomic E-state index is 0.649. The lowest BCUT2D eigenvalue weighted by atomic mass is 9.94. The van der Waals surface area contributed by atoms with E-state index >= 15 is 0 Å². The van der Waals surface area contributed by atoms with Crippen LogP contribution in [0.15, 0.2) is 4.99 Å². The van der Waals surface area contributed by atoms with Crippen LogP contribution in [0.2, 0.25) is 0 Å². The van der Waals surface area contributed by atoms with Crippen LogP contribution in [0.5, 0.6) is 0 Å². The molecule has 0 radical (unpaired) electrons. The fourth-order valence-electron chi connectivity index (χ4n) is 3.33. The third kappa shape index (κ3) is 6.94. The molecule has 1 aromatic rings. The molecule has 0 aliphatic heterocycles. The summed E-state index contributed by atoms with van der Waals surface area (Å²) in [6.07, 6.45) is 8.13. The van der Waals surface area contributed by atoms with Gasteiger partial charge in [-0.1, -0.05) is 19.3 Å². The molecule has 1 fully saturated rings. The summed E-state index contributed by atoms with van der Waals surface area (Å²) in [5, 5.41) is 7.87. The first kappa shape index (κ1) is 20.2. The number of hydrogen-bond donors (Lipinski definition) is 2. The van der Waals surface area contributed by atoms with Gasteiger partial charge in [-0.2, -0.15) is 0 Å². The smallest absolute Gasteiger partial charge is 0.191 e. The Bertz CT molecular complexity index is 514. The Balaban J connectivity index is 1.72. The van der Waals surface area contributed by atoms with Crippen LogP contribution in [0.4, 0.5) is 0 Å². The molecule has 0 spiro atoms. The summed E-state index contributed by atoms with van der Waals surface area (Å²) in [6, 6.07) is 0.798. The van der Waals surface area contributed by atoms with Gasteiger partial charge in [0.2, 0.25) is 0 Å². The number of rotatable bonds is 8. The Morgan fingerprint density at radius 3 is 2.64 bits per heavy atom. The van der Waals surface area contributed by atoms with Crippen molar-refractivity contribution in [3.05, 3.63) is 15.6 Å². The van der Waals surface area contributed by atoms with E-state index in [1.807, 2.05) is 0 Å². The van der Waals surface area contributed by atoms with Gasteiger partial charge in [-0.25, -0.2) is 9.98 Å². The number of guanidine groups is 1. The summed E-state index contributed by atoms with van der Waals surface area (Å²) in [4.78, 5) is 13.1. The van der Waals surface area contributed by atoms with Crippen molar-refractivity contribution >= 4 is 17.3 Å². The molecule has 1 aromatic heterocycles. The Labute approximate surface area is 157 Å². The van der Waals surface area contributed by atoms with Gasteiger partial charge in [0.25, 0.3) is 0 Å². The first-order chi connectivity index (χ1) is 12.1. The molecule has 1 heterocycles. The van der Waals surface area contributed by atoms with Crippen LogP contribution in [0.1, 0.15) is 61.0 Å². The van der Waals surface area contributed by atoms with Gasteiger partial charge in [0.05, 0.1) is 12.2 Å². The van der Waals surface area contributed by atoms with Gasteiger partial charge in [0.1, 0.15) is 5.01 Å². The third-order valence-corrected chi connectivity index (χ3v) is 6.03. The predicted octanol–water partition coefficient (Wildman–Crippen LogP) is 3.47. The fraction of sp³-hybridized carbons (Fsp3) is 0.789. The van der Waals surface area contributed by atoms with E-state index < -0.39 is 0 Å². The van der Waals surface area contributed by atoms with E-state index in [0.29, 0.717) is 6.54 Å². The number of aryl methyl sites for hydroxylation is 2. The molecule has 0 unspecified atom stereocenters. The van der Waals surface area contributed by atoms with Crippen molar-refractivity contribution in [3.8, 4) is 0 Å². The summed E-state index contributed by atoms with van der Waals surface area (Å²) in [5.41, 5.74) is 1.12. The number of nitrogens with one attached hydrogen (secondary N) is 2. The van der Waals surface area contributed by atoms with Crippen molar-refractivity contribution in [1.29, 1.82) is 0 Å². The molecule has 0 saturated heterocycles. The van der Waals surface area contributed by atoms with E-state index in [1.165, 1.54) is 37.0 Å². The largest absolute Gasteiger partial charge is 0.357 e. The zero-order chi connectivity index (χ0) is 18.1. The Kier molecular flexibility index (Phi) is 8.68. The molecule has 6 heteroatoms. The summed E-state index contributed by atoms with van der Waals surface area (Å²) < 4.78 is 0. The number of thiazole rings is 1. The second kappa shape index (κ2) is 10.8. The minimum Gasteiger partial charge on any atom is -0.357 e. The van der Waals surface area contributed by atoms with E-state index in [9.17, 15) is 0 Å². The molecule has 25 heavy (non-hydrogen) atoms. The molecule has 1 aliphatic rings. The third-order valence-electron chi connectivity index (χ3n) is 4.97. The standard InChI is InChI=1S/C19H35N5S/c1-5-20-19(22-14-18-23-15(2)16(3)25-18)21-12-9-13-24(4)17-10-7-6-8-11-17/h17H,5-14H2,1-4H3,(H2,20,21,22). The zero-order valence-corrected chi connectivity index (χ0v) is 17.2. The Morgan fingerprint density at radius 2 is 2.00 bits per heavy atom. The van der Waals surface area contributed by atoms with Crippen molar-refractivity contribution in [1.82, 2.24) is 20.5 Å². The molecule has 1 saturated carbocycles. The van der Waals surface area contributed by atoms with Crippen LogP contribution in [0.3, 0.4) is 0 Å². The highest BCUT2D eigenvalue weighted by Crippen LogP contribution is 2.21. The van der Waals surface area contributed by atoms with Crippen LogP contribution >= 0.6 is 11.3 Å². The van der Waals surface area contributed by atoms with E-state index in [1.54, 1.807) is 11.3 Å². The molecule has 1 aliphatic carbocycles. The Morgan fingerprint density at radius 1 is 1.24 bits per heavy atom. The van der Waals surface area contributed by atoms with Crippen LogP contribution in [-0.2, 0) is 6.54 Å². The topological polar surface area (TPSA) is 52.6 Å². The van der Waals surface area contributed by atoms with E-state index in [2.05, 4.69) is 53.3 Å². The lowest BCUT2D eigenvalue weighted by Gasteiger charge is -2.31. The van der Waals surface area contributed by atoms with E-state index in [-0.39, 0.29) is 0 Å². The van der Waals surface area contributed by atoms with Gasteiger partial charge in [0.15, 0.2) is 5.96 Å². The molecular formula is C19H35N5S. The van der Waals surface area contributed by atoms with Crippen molar-refractivity contribution in [2.24, 2.45) is 4.99 Å². The predicted molar refractivity (Wildman–Crippen MR) is 109 cm³/mol. The molecule has 0 bridgehead atoms. The van der Waals surface area contributed by atoms with E-state index in [0.717, 1.165) is 48.8 Å². The van der Waals surface area contributed by atoms with Crippen molar-refractivity contribution < 1.29 is 0 Å². The second-order valence-electron chi connectivity index (χ2n) is 7.00. The number of nitrogens with zero attached hydrogens (tertiary/aromatic N) is 3. The quantitative estimate of drug-likeness (QED) is 0.421. The van der Waals surface area contributed by atoms with Gasteiger partial charge in [0, 0.05) is 24.0 Å². The summed E-state index contributed by atoms with van der Waals surface area (Å²) in [6.45, 7) is 9.92. The zero-order valence-electron chi connectivity index (χ0n) is 16.4. The van der Waals surface area contributed by atoms with Gasteiger partial charge < -0.3 is 15.5 Å². The SMILES string of the molecule is CCNC(=NCc1nc(C)c(C)s1)NCCCN(C)C1CCCCC1. The van der Waals surface area contributed by atoms with Gasteiger partial charge in [-0.05, 0) is 53.6 Å². The number of aliphatic imine (C=N–C) groups is 1. The van der Waals surface area contributed by atoms with Gasteiger partial charge >= 0.3 is 0 Å².